The van der Waals surface area contributed by atoms with Crippen molar-refractivity contribution in [3.63, 3.8) is 0 Å². The van der Waals surface area contributed by atoms with E-state index in [-0.39, 0.29) is 17.3 Å². The van der Waals surface area contributed by atoms with Gasteiger partial charge in [-0.2, -0.15) is 0 Å². The van der Waals surface area contributed by atoms with Crippen LogP contribution in [0.3, 0.4) is 0 Å². The summed E-state index contributed by atoms with van der Waals surface area (Å²) < 4.78 is 0. The molecule has 3 rings (SSSR count). The molecular formula is C24H29N5S. The molecular weight excluding hydrogens is 390 g/mol. The number of hydrogen-bond acceptors (Lipinski definition) is 6. The van der Waals surface area contributed by atoms with Gasteiger partial charge in [-0.15, -0.1) is 0 Å². The van der Waals surface area contributed by atoms with Crippen molar-refractivity contribution >= 4 is 40.9 Å². The molecule has 1 saturated heterocycles. The Labute approximate surface area is 183 Å². The van der Waals surface area contributed by atoms with Gasteiger partial charge in [-0.05, 0) is 60.5 Å². The van der Waals surface area contributed by atoms with Crippen LogP contribution in [0, 0.1) is 16.2 Å². The lowest BCUT2D eigenvalue weighted by Crippen LogP contribution is -2.26. The topological polar surface area (TPSA) is 101 Å². The zero-order valence-corrected chi connectivity index (χ0v) is 18.1. The molecule has 0 aliphatic carbocycles. The van der Waals surface area contributed by atoms with E-state index < -0.39 is 0 Å². The number of benzene rings is 2. The first-order valence-corrected chi connectivity index (χ1v) is 10.7. The Morgan fingerprint density at radius 2 is 2.00 bits per heavy atom. The second kappa shape index (κ2) is 9.87. The quantitative estimate of drug-likeness (QED) is 0.271. The third-order valence-corrected chi connectivity index (χ3v) is 6.10. The SMILES string of the molecule is CC1CCCN1Cc1cccc(CC(=N)C(=N)c2cc(C(C=N)C=S)ccc2N)c1. The van der Waals surface area contributed by atoms with Gasteiger partial charge >= 0.3 is 0 Å². The van der Waals surface area contributed by atoms with E-state index >= 15 is 0 Å². The Morgan fingerprint density at radius 1 is 1.23 bits per heavy atom. The molecule has 6 heteroatoms. The highest BCUT2D eigenvalue weighted by atomic mass is 32.1. The van der Waals surface area contributed by atoms with Crippen LogP contribution in [-0.2, 0) is 13.0 Å². The Morgan fingerprint density at radius 3 is 2.67 bits per heavy atom. The molecule has 30 heavy (non-hydrogen) atoms. The van der Waals surface area contributed by atoms with Gasteiger partial charge in [0.25, 0.3) is 0 Å². The van der Waals surface area contributed by atoms with E-state index in [4.69, 9.17) is 34.2 Å². The maximum atomic E-state index is 8.53. The summed E-state index contributed by atoms with van der Waals surface area (Å²) in [5.41, 5.74) is 10.5. The van der Waals surface area contributed by atoms with Crippen LogP contribution in [0.1, 0.15) is 47.9 Å². The van der Waals surface area contributed by atoms with Crippen LogP contribution in [0.5, 0.6) is 0 Å². The number of thiocarbonyl (C=S) groups is 1. The van der Waals surface area contributed by atoms with Crippen LogP contribution in [0.2, 0.25) is 0 Å². The normalized spacial score (nSPS) is 17.4. The lowest BCUT2D eigenvalue weighted by atomic mass is 9.93. The zero-order valence-electron chi connectivity index (χ0n) is 17.3. The molecule has 0 radical (unpaired) electrons. The monoisotopic (exact) mass is 419 g/mol. The van der Waals surface area contributed by atoms with Gasteiger partial charge in [-0.3, -0.25) is 10.3 Å². The fourth-order valence-corrected chi connectivity index (χ4v) is 4.20. The molecule has 5 nitrogen and oxygen atoms in total. The predicted octanol–water partition coefficient (Wildman–Crippen LogP) is 4.62. The van der Waals surface area contributed by atoms with Crippen LogP contribution in [0.4, 0.5) is 5.69 Å². The highest BCUT2D eigenvalue weighted by Crippen LogP contribution is 2.22. The third-order valence-electron chi connectivity index (χ3n) is 5.81. The number of nitrogens with zero attached hydrogens (tertiary/aromatic N) is 1. The van der Waals surface area contributed by atoms with Crippen LogP contribution in [-0.4, -0.2) is 40.5 Å². The second-order valence-electron chi connectivity index (χ2n) is 7.99. The van der Waals surface area contributed by atoms with Crippen molar-refractivity contribution in [3.05, 3.63) is 64.7 Å². The van der Waals surface area contributed by atoms with Crippen molar-refractivity contribution in [1.29, 1.82) is 16.2 Å². The van der Waals surface area contributed by atoms with Crippen molar-refractivity contribution in [2.75, 3.05) is 12.3 Å². The first-order chi connectivity index (χ1) is 14.4. The minimum Gasteiger partial charge on any atom is -0.398 e. The zero-order chi connectivity index (χ0) is 21.7. The molecule has 2 unspecified atom stereocenters. The van der Waals surface area contributed by atoms with Crippen LogP contribution < -0.4 is 5.73 Å². The van der Waals surface area contributed by atoms with Crippen molar-refractivity contribution in [1.82, 2.24) is 4.90 Å². The summed E-state index contributed by atoms with van der Waals surface area (Å²) in [6.45, 7) is 4.34. The number of rotatable bonds is 9. The Kier molecular flexibility index (Phi) is 7.24. The maximum absolute atomic E-state index is 8.53. The van der Waals surface area contributed by atoms with Gasteiger partial charge in [0.05, 0.1) is 11.4 Å². The van der Waals surface area contributed by atoms with Gasteiger partial charge in [0.2, 0.25) is 0 Å². The molecule has 0 aromatic heterocycles. The van der Waals surface area contributed by atoms with Gasteiger partial charge < -0.3 is 16.6 Å². The average Bonchev–Trinajstić information content (AvgIpc) is 3.14. The van der Waals surface area contributed by atoms with E-state index in [0.717, 1.165) is 24.2 Å². The van der Waals surface area contributed by atoms with E-state index in [9.17, 15) is 0 Å². The molecule has 5 N–H and O–H groups in total. The van der Waals surface area contributed by atoms with Gasteiger partial charge in [-0.25, -0.2) is 0 Å². The molecule has 2 atom stereocenters. The third kappa shape index (κ3) is 5.07. The average molecular weight is 420 g/mol. The highest BCUT2D eigenvalue weighted by molar-refractivity contribution is 7.79. The molecule has 0 spiro atoms. The molecule has 0 amide bonds. The molecule has 1 aliphatic rings. The van der Waals surface area contributed by atoms with Crippen LogP contribution >= 0.6 is 12.2 Å². The summed E-state index contributed by atoms with van der Waals surface area (Å²) in [5, 5.41) is 26.1. The van der Waals surface area contributed by atoms with Crippen molar-refractivity contribution < 1.29 is 0 Å². The minimum atomic E-state index is -0.300. The van der Waals surface area contributed by atoms with E-state index in [1.54, 1.807) is 12.1 Å². The van der Waals surface area contributed by atoms with E-state index in [1.807, 2.05) is 18.2 Å². The van der Waals surface area contributed by atoms with Crippen molar-refractivity contribution in [3.8, 4) is 0 Å². The lowest BCUT2D eigenvalue weighted by molar-refractivity contribution is 0.260. The minimum absolute atomic E-state index is 0.112. The van der Waals surface area contributed by atoms with E-state index in [0.29, 0.717) is 23.7 Å². The van der Waals surface area contributed by atoms with Crippen molar-refractivity contribution in [2.24, 2.45) is 0 Å². The number of nitrogens with one attached hydrogen (secondary N) is 3. The van der Waals surface area contributed by atoms with Gasteiger partial charge in [0.1, 0.15) is 0 Å². The molecule has 1 fully saturated rings. The largest absolute Gasteiger partial charge is 0.398 e. The summed E-state index contributed by atoms with van der Waals surface area (Å²) in [7, 11) is 0. The molecule has 1 heterocycles. The van der Waals surface area contributed by atoms with E-state index in [2.05, 4.69) is 24.0 Å². The first kappa shape index (κ1) is 22.0. The number of hydrogen-bond donors (Lipinski definition) is 4. The second-order valence-corrected chi connectivity index (χ2v) is 8.26. The smallest absolute Gasteiger partial charge is 0.0844 e. The summed E-state index contributed by atoms with van der Waals surface area (Å²) in [6, 6.07) is 14.2. The summed E-state index contributed by atoms with van der Waals surface area (Å²) in [6.07, 6.45) is 4.16. The Balaban J connectivity index is 1.74. The van der Waals surface area contributed by atoms with Crippen LogP contribution in [0.25, 0.3) is 0 Å². The predicted molar refractivity (Wildman–Crippen MR) is 130 cm³/mol. The van der Waals surface area contributed by atoms with Gasteiger partial charge in [0, 0.05) is 42.4 Å². The maximum Gasteiger partial charge on any atom is 0.0844 e. The molecule has 0 saturated carbocycles. The van der Waals surface area contributed by atoms with Gasteiger partial charge in [-0.1, -0.05) is 42.5 Å². The Hall–Kier alpha value is -2.70. The molecule has 0 bridgehead atoms. The summed E-state index contributed by atoms with van der Waals surface area (Å²) in [5.74, 6) is -0.300. The number of nitrogens with two attached hydrogens (primary N) is 1. The molecule has 2 aromatic rings. The molecule has 156 valence electrons. The number of anilines is 1. The van der Waals surface area contributed by atoms with Gasteiger partial charge in [0.15, 0.2) is 0 Å². The first-order valence-electron chi connectivity index (χ1n) is 10.3. The summed E-state index contributed by atoms with van der Waals surface area (Å²) >= 11 is 5.00. The number of likely N-dealkylation sites (tertiary alicyclic amines) is 1. The highest BCUT2D eigenvalue weighted by Gasteiger charge is 2.20. The van der Waals surface area contributed by atoms with E-state index in [1.165, 1.54) is 30.0 Å². The molecule has 1 aliphatic heterocycles. The Bertz CT molecular complexity index is 960. The summed E-state index contributed by atoms with van der Waals surface area (Å²) in [4.78, 5) is 2.49. The number of nitrogen functional groups attached to an aromatic ring is 1. The van der Waals surface area contributed by atoms with Crippen molar-refractivity contribution in [2.45, 2.75) is 44.7 Å². The fraction of sp³-hybridized carbons (Fsp3) is 0.333. The lowest BCUT2D eigenvalue weighted by Gasteiger charge is -2.21. The van der Waals surface area contributed by atoms with Crippen LogP contribution in [0.15, 0.2) is 42.5 Å². The molecule has 2 aromatic carbocycles. The fourth-order valence-electron chi connectivity index (χ4n) is 3.97. The standard InChI is InChI=1S/C24H29N5S/c1-16-4-3-9-29(16)14-18-6-2-5-17(10-18)11-23(27)24(28)21-12-19(7-8-22(21)26)20(13-25)15-30/h2,5-8,10,12-13,15-16,20,25,27-28H,3-4,9,11,14,26H2,1H3.